The zero-order valence-electron chi connectivity index (χ0n) is 11.8. The van der Waals surface area contributed by atoms with E-state index < -0.39 is 0 Å². The average Bonchev–Trinajstić information content (AvgIpc) is 2.47. The summed E-state index contributed by atoms with van der Waals surface area (Å²) in [6.07, 6.45) is 0. The van der Waals surface area contributed by atoms with Crippen LogP contribution in [0.2, 0.25) is 0 Å². The molecule has 0 amide bonds. The van der Waals surface area contributed by atoms with Crippen molar-refractivity contribution in [3.05, 3.63) is 48.3 Å². The molecule has 0 unspecified atom stereocenters. The Kier molecular flexibility index (Phi) is 5.75. The molecule has 0 heterocycles. The summed E-state index contributed by atoms with van der Waals surface area (Å²) in [5.74, 6) is 1.97. The van der Waals surface area contributed by atoms with Gasteiger partial charge in [0, 0.05) is 16.3 Å². The van der Waals surface area contributed by atoms with Gasteiger partial charge in [-0.05, 0) is 49.4 Å². The number of ether oxygens (including phenoxy) is 2. The smallest absolute Gasteiger partial charge is 0.138 e. The third-order valence-corrected chi connectivity index (χ3v) is 3.71. The highest BCUT2D eigenvalue weighted by molar-refractivity contribution is 7.99. The van der Waals surface area contributed by atoms with E-state index in [1.165, 1.54) is 17.8 Å². The third-order valence-electron chi connectivity index (χ3n) is 2.70. The van der Waals surface area contributed by atoms with Crippen LogP contribution in [-0.2, 0) is 0 Å². The Labute approximate surface area is 128 Å². The Bertz CT molecular complexity index is 575. The molecule has 0 spiro atoms. The molecule has 0 saturated heterocycles. The predicted octanol–water partition coefficient (Wildman–Crippen LogP) is 3.98. The monoisotopic (exact) mass is 307 g/mol. The minimum absolute atomic E-state index is 0.291. The molecule has 21 heavy (non-hydrogen) atoms. The maximum atomic E-state index is 13.6. The minimum Gasteiger partial charge on any atom is -0.494 e. The summed E-state index contributed by atoms with van der Waals surface area (Å²) in [6.45, 7) is 3.09. The predicted molar refractivity (Wildman–Crippen MR) is 84.6 cm³/mol. The molecule has 3 nitrogen and oxygen atoms in total. The molecule has 2 rings (SSSR count). The van der Waals surface area contributed by atoms with E-state index in [4.69, 9.17) is 15.2 Å². The van der Waals surface area contributed by atoms with E-state index >= 15 is 0 Å². The van der Waals surface area contributed by atoms with E-state index in [0.717, 1.165) is 11.5 Å². The maximum Gasteiger partial charge on any atom is 0.138 e. The van der Waals surface area contributed by atoms with E-state index in [-0.39, 0.29) is 5.82 Å². The number of rotatable bonds is 7. The van der Waals surface area contributed by atoms with Gasteiger partial charge in [0.15, 0.2) is 0 Å². The topological polar surface area (TPSA) is 44.5 Å². The Hall–Kier alpha value is -1.88. The molecule has 2 aromatic rings. The fourth-order valence-electron chi connectivity index (χ4n) is 1.74. The van der Waals surface area contributed by atoms with Crippen LogP contribution in [0.4, 0.5) is 10.1 Å². The van der Waals surface area contributed by atoms with Crippen LogP contribution in [0, 0.1) is 5.82 Å². The molecule has 0 fully saturated rings. The first-order valence-electron chi connectivity index (χ1n) is 6.72. The SMILES string of the molecule is CCOc1ccc(OCCSc2ccc(N)cc2F)cc1. The lowest BCUT2D eigenvalue weighted by Gasteiger charge is -2.08. The van der Waals surface area contributed by atoms with E-state index in [2.05, 4.69) is 0 Å². The molecule has 0 bridgehead atoms. The fraction of sp³-hybridized carbons (Fsp3) is 0.250. The summed E-state index contributed by atoms with van der Waals surface area (Å²) in [7, 11) is 0. The van der Waals surface area contributed by atoms with Crippen molar-refractivity contribution in [3.63, 3.8) is 0 Å². The van der Waals surface area contributed by atoms with Gasteiger partial charge in [-0.15, -0.1) is 11.8 Å². The van der Waals surface area contributed by atoms with Gasteiger partial charge in [0.2, 0.25) is 0 Å². The highest BCUT2D eigenvalue weighted by Gasteiger charge is 2.03. The van der Waals surface area contributed by atoms with Gasteiger partial charge in [0.25, 0.3) is 0 Å². The largest absolute Gasteiger partial charge is 0.494 e. The number of hydrogen-bond donors (Lipinski definition) is 1. The summed E-state index contributed by atoms with van der Waals surface area (Å²) >= 11 is 1.41. The zero-order chi connectivity index (χ0) is 15.1. The van der Waals surface area contributed by atoms with E-state index in [9.17, 15) is 4.39 Å². The molecule has 2 aromatic carbocycles. The summed E-state index contributed by atoms with van der Waals surface area (Å²) in [5, 5.41) is 0. The molecule has 5 heteroatoms. The van der Waals surface area contributed by atoms with E-state index in [0.29, 0.717) is 29.5 Å². The second kappa shape index (κ2) is 7.78. The fourth-order valence-corrected chi connectivity index (χ4v) is 2.49. The van der Waals surface area contributed by atoms with Crippen molar-refractivity contribution in [3.8, 4) is 11.5 Å². The molecule has 0 radical (unpaired) electrons. The van der Waals surface area contributed by atoms with Crippen molar-refractivity contribution in [2.45, 2.75) is 11.8 Å². The number of anilines is 1. The number of benzene rings is 2. The van der Waals surface area contributed by atoms with Gasteiger partial charge >= 0.3 is 0 Å². The Balaban J connectivity index is 1.76. The van der Waals surface area contributed by atoms with Crippen LogP contribution in [0.25, 0.3) is 0 Å². The van der Waals surface area contributed by atoms with Crippen molar-refractivity contribution in [1.82, 2.24) is 0 Å². The van der Waals surface area contributed by atoms with Crippen LogP contribution in [0.15, 0.2) is 47.4 Å². The summed E-state index contributed by atoms with van der Waals surface area (Å²) in [5.41, 5.74) is 5.94. The zero-order valence-corrected chi connectivity index (χ0v) is 12.7. The number of nitrogens with two attached hydrogens (primary N) is 1. The van der Waals surface area contributed by atoms with E-state index in [1.54, 1.807) is 12.1 Å². The van der Waals surface area contributed by atoms with Gasteiger partial charge in [-0.2, -0.15) is 0 Å². The normalized spacial score (nSPS) is 10.4. The molecule has 112 valence electrons. The standard InChI is InChI=1S/C16H18FNO2S/c1-2-19-13-4-6-14(7-5-13)20-9-10-21-16-8-3-12(18)11-15(16)17/h3-8,11H,2,9-10,18H2,1H3. The molecule has 2 N–H and O–H groups in total. The third kappa shape index (κ3) is 4.86. The average molecular weight is 307 g/mol. The summed E-state index contributed by atoms with van der Waals surface area (Å²) < 4.78 is 24.5. The van der Waals surface area contributed by atoms with Crippen LogP contribution in [-0.4, -0.2) is 19.0 Å². The molecule has 0 aliphatic heterocycles. The van der Waals surface area contributed by atoms with Gasteiger partial charge in [0.05, 0.1) is 13.2 Å². The first-order valence-corrected chi connectivity index (χ1v) is 7.71. The number of hydrogen-bond acceptors (Lipinski definition) is 4. The van der Waals surface area contributed by atoms with Crippen LogP contribution >= 0.6 is 11.8 Å². The van der Waals surface area contributed by atoms with Crippen molar-refractivity contribution >= 4 is 17.4 Å². The number of nitrogen functional groups attached to an aromatic ring is 1. The molecular weight excluding hydrogens is 289 g/mol. The van der Waals surface area contributed by atoms with Crippen LogP contribution in [0.1, 0.15) is 6.92 Å². The van der Waals surface area contributed by atoms with Crippen molar-refractivity contribution < 1.29 is 13.9 Å². The van der Waals surface area contributed by atoms with Crippen molar-refractivity contribution in [2.75, 3.05) is 24.7 Å². The number of halogens is 1. The quantitative estimate of drug-likeness (QED) is 0.477. The van der Waals surface area contributed by atoms with E-state index in [1.807, 2.05) is 31.2 Å². The Morgan fingerprint density at radius 2 is 1.71 bits per heavy atom. The van der Waals surface area contributed by atoms with Gasteiger partial charge in [-0.3, -0.25) is 0 Å². The first-order chi connectivity index (χ1) is 10.2. The molecule has 0 saturated carbocycles. The first kappa shape index (κ1) is 15.5. The van der Waals surface area contributed by atoms with Crippen molar-refractivity contribution in [2.24, 2.45) is 0 Å². The van der Waals surface area contributed by atoms with Gasteiger partial charge in [0.1, 0.15) is 17.3 Å². The highest BCUT2D eigenvalue weighted by Crippen LogP contribution is 2.24. The molecule has 0 atom stereocenters. The lowest BCUT2D eigenvalue weighted by Crippen LogP contribution is -2.00. The highest BCUT2D eigenvalue weighted by atomic mass is 32.2. The Morgan fingerprint density at radius 3 is 2.33 bits per heavy atom. The van der Waals surface area contributed by atoms with Gasteiger partial charge in [-0.1, -0.05) is 0 Å². The summed E-state index contributed by atoms with van der Waals surface area (Å²) in [4.78, 5) is 0.583. The lowest BCUT2D eigenvalue weighted by atomic mass is 10.3. The second-order valence-electron chi connectivity index (χ2n) is 4.29. The second-order valence-corrected chi connectivity index (χ2v) is 5.43. The van der Waals surface area contributed by atoms with Crippen LogP contribution < -0.4 is 15.2 Å². The maximum absolute atomic E-state index is 13.6. The van der Waals surface area contributed by atoms with Crippen LogP contribution in [0.5, 0.6) is 11.5 Å². The Morgan fingerprint density at radius 1 is 1.05 bits per heavy atom. The van der Waals surface area contributed by atoms with Gasteiger partial charge in [-0.25, -0.2) is 4.39 Å². The van der Waals surface area contributed by atoms with Gasteiger partial charge < -0.3 is 15.2 Å². The molecule has 0 aliphatic rings. The molecule has 0 aliphatic carbocycles. The summed E-state index contributed by atoms with van der Waals surface area (Å²) in [6, 6.07) is 12.2. The lowest BCUT2D eigenvalue weighted by molar-refractivity contribution is 0.332. The minimum atomic E-state index is -0.291. The number of thioether (sulfide) groups is 1. The van der Waals surface area contributed by atoms with Crippen molar-refractivity contribution in [1.29, 1.82) is 0 Å². The molecule has 0 aromatic heterocycles. The van der Waals surface area contributed by atoms with Crippen LogP contribution in [0.3, 0.4) is 0 Å². The molecular formula is C16H18FNO2S.